The standard InChI is InChI=1S/C14H21NO/c1-10-4-5-12(11(2)8-10)13(16)14(9-15)6-3-7-14/h4-5,8,13,16H,3,6-7,9,15H2,1-2H3. The quantitative estimate of drug-likeness (QED) is 0.820. The summed E-state index contributed by atoms with van der Waals surface area (Å²) in [4.78, 5) is 0. The molecule has 2 rings (SSSR count). The van der Waals surface area contributed by atoms with Crippen LogP contribution in [0.5, 0.6) is 0 Å². The molecule has 1 atom stereocenters. The lowest BCUT2D eigenvalue weighted by Crippen LogP contribution is -2.42. The molecule has 0 radical (unpaired) electrons. The molecule has 0 heterocycles. The molecule has 3 N–H and O–H groups in total. The maximum atomic E-state index is 10.5. The Hall–Kier alpha value is -0.860. The van der Waals surface area contributed by atoms with Crippen molar-refractivity contribution in [2.45, 2.75) is 39.2 Å². The van der Waals surface area contributed by atoms with E-state index in [2.05, 4.69) is 26.0 Å². The summed E-state index contributed by atoms with van der Waals surface area (Å²) >= 11 is 0. The van der Waals surface area contributed by atoms with E-state index in [1.807, 2.05) is 6.07 Å². The van der Waals surface area contributed by atoms with Crippen LogP contribution in [-0.4, -0.2) is 11.7 Å². The van der Waals surface area contributed by atoms with Crippen LogP contribution in [-0.2, 0) is 0 Å². The van der Waals surface area contributed by atoms with Crippen molar-refractivity contribution in [1.29, 1.82) is 0 Å². The van der Waals surface area contributed by atoms with Crippen LogP contribution in [0.1, 0.15) is 42.1 Å². The van der Waals surface area contributed by atoms with Crippen molar-refractivity contribution < 1.29 is 5.11 Å². The lowest BCUT2D eigenvalue weighted by molar-refractivity contribution is -0.0300. The number of benzene rings is 1. The second-order valence-electron chi connectivity index (χ2n) is 5.18. The summed E-state index contributed by atoms with van der Waals surface area (Å²) in [5, 5.41) is 10.5. The lowest BCUT2D eigenvalue weighted by Gasteiger charge is -2.45. The van der Waals surface area contributed by atoms with Crippen molar-refractivity contribution in [1.82, 2.24) is 0 Å². The fourth-order valence-electron chi connectivity index (χ4n) is 2.68. The molecule has 0 saturated heterocycles. The molecular weight excluding hydrogens is 198 g/mol. The highest BCUT2D eigenvalue weighted by atomic mass is 16.3. The summed E-state index contributed by atoms with van der Waals surface area (Å²) < 4.78 is 0. The second-order valence-corrected chi connectivity index (χ2v) is 5.18. The number of hydrogen-bond acceptors (Lipinski definition) is 2. The largest absolute Gasteiger partial charge is 0.388 e. The maximum Gasteiger partial charge on any atom is 0.0860 e. The van der Waals surface area contributed by atoms with E-state index in [0.29, 0.717) is 6.54 Å². The molecule has 0 aliphatic heterocycles. The molecule has 1 aliphatic carbocycles. The Labute approximate surface area is 97.5 Å². The van der Waals surface area contributed by atoms with Crippen LogP contribution in [0.3, 0.4) is 0 Å². The minimum absolute atomic E-state index is 0.0555. The molecule has 0 aromatic heterocycles. The highest BCUT2D eigenvalue weighted by Gasteiger charge is 2.43. The number of nitrogens with two attached hydrogens (primary N) is 1. The van der Waals surface area contributed by atoms with Gasteiger partial charge in [0.1, 0.15) is 0 Å². The van der Waals surface area contributed by atoms with Gasteiger partial charge in [0.25, 0.3) is 0 Å². The van der Waals surface area contributed by atoms with Crippen LogP contribution in [0.15, 0.2) is 18.2 Å². The van der Waals surface area contributed by atoms with E-state index in [0.717, 1.165) is 18.4 Å². The van der Waals surface area contributed by atoms with Gasteiger partial charge in [-0.15, -0.1) is 0 Å². The van der Waals surface area contributed by atoms with Gasteiger partial charge in [-0.05, 0) is 37.8 Å². The molecule has 1 saturated carbocycles. The molecule has 2 nitrogen and oxygen atoms in total. The second kappa shape index (κ2) is 4.19. The molecule has 1 fully saturated rings. The van der Waals surface area contributed by atoms with Gasteiger partial charge in [-0.1, -0.05) is 30.2 Å². The average molecular weight is 219 g/mol. The van der Waals surface area contributed by atoms with E-state index in [1.165, 1.54) is 17.5 Å². The van der Waals surface area contributed by atoms with Gasteiger partial charge in [-0.2, -0.15) is 0 Å². The van der Waals surface area contributed by atoms with E-state index >= 15 is 0 Å². The van der Waals surface area contributed by atoms with Crippen molar-refractivity contribution in [3.63, 3.8) is 0 Å². The monoisotopic (exact) mass is 219 g/mol. The van der Waals surface area contributed by atoms with E-state index < -0.39 is 6.10 Å². The van der Waals surface area contributed by atoms with Crippen molar-refractivity contribution in [2.75, 3.05) is 6.54 Å². The average Bonchev–Trinajstić information content (AvgIpc) is 2.16. The summed E-state index contributed by atoms with van der Waals surface area (Å²) in [5.41, 5.74) is 9.24. The molecule has 1 unspecified atom stereocenters. The summed E-state index contributed by atoms with van der Waals surface area (Å²) in [7, 11) is 0. The number of aliphatic hydroxyl groups excluding tert-OH is 1. The number of aliphatic hydroxyl groups is 1. The third-order valence-electron chi connectivity index (χ3n) is 4.06. The minimum atomic E-state index is -0.396. The van der Waals surface area contributed by atoms with Gasteiger partial charge in [-0.3, -0.25) is 0 Å². The van der Waals surface area contributed by atoms with Crippen LogP contribution >= 0.6 is 0 Å². The molecule has 88 valence electrons. The smallest absolute Gasteiger partial charge is 0.0860 e. The Balaban J connectivity index is 2.29. The van der Waals surface area contributed by atoms with Crippen LogP contribution < -0.4 is 5.73 Å². The molecule has 16 heavy (non-hydrogen) atoms. The first kappa shape index (κ1) is 11.6. The van der Waals surface area contributed by atoms with Gasteiger partial charge in [-0.25, -0.2) is 0 Å². The van der Waals surface area contributed by atoms with E-state index in [-0.39, 0.29) is 5.41 Å². The number of hydrogen-bond donors (Lipinski definition) is 2. The molecule has 1 aromatic rings. The Morgan fingerprint density at radius 3 is 2.50 bits per heavy atom. The third kappa shape index (κ3) is 1.76. The molecule has 0 spiro atoms. The highest BCUT2D eigenvalue weighted by molar-refractivity contribution is 5.33. The van der Waals surface area contributed by atoms with E-state index in [1.54, 1.807) is 0 Å². The summed E-state index contributed by atoms with van der Waals surface area (Å²) in [5.74, 6) is 0. The summed E-state index contributed by atoms with van der Waals surface area (Å²) in [6, 6.07) is 6.24. The fourth-order valence-corrected chi connectivity index (χ4v) is 2.68. The Morgan fingerprint density at radius 1 is 1.38 bits per heavy atom. The van der Waals surface area contributed by atoms with Gasteiger partial charge < -0.3 is 10.8 Å². The van der Waals surface area contributed by atoms with Crippen LogP contribution in [0.2, 0.25) is 0 Å². The topological polar surface area (TPSA) is 46.2 Å². The van der Waals surface area contributed by atoms with Crippen LogP contribution in [0.4, 0.5) is 0 Å². The molecular formula is C14H21NO. The molecule has 2 heteroatoms. The number of aryl methyl sites for hydroxylation is 2. The Morgan fingerprint density at radius 2 is 2.06 bits per heavy atom. The molecule has 0 bridgehead atoms. The van der Waals surface area contributed by atoms with Crippen LogP contribution in [0.25, 0.3) is 0 Å². The highest BCUT2D eigenvalue weighted by Crippen LogP contribution is 2.49. The Kier molecular flexibility index (Phi) is 3.04. The normalized spacial score (nSPS) is 20.2. The number of rotatable bonds is 3. The maximum absolute atomic E-state index is 10.5. The van der Waals surface area contributed by atoms with Gasteiger partial charge >= 0.3 is 0 Å². The molecule has 1 aromatic carbocycles. The predicted molar refractivity (Wildman–Crippen MR) is 66.2 cm³/mol. The van der Waals surface area contributed by atoms with Gasteiger partial charge in [0.05, 0.1) is 6.10 Å². The Bertz CT molecular complexity index is 377. The first-order valence-electron chi connectivity index (χ1n) is 6.04. The first-order valence-corrected chi connectivity index (χ1v) is 6.04. The van der Waals surface area contributed by atoms with E-state index in [4.69, 9.17) is 5.73 Å². The van der Waals surface area contributed by atoms with Gasteiger partial charge in [0.15, 0.2) is 0 Å². The third-order valence-corrected chi connectivity index (χ3v) is 4.06. The zero-order chi connectivity index (χ0) is 11.8. The van der Waals surface area contributed by atoms with Crippen molar-refractivity contribution >= 4 is 0 Å². The molecule has 0 amide bonds. The van der Waals surface area contributed by atoms with Crippen molar-refractivity contribution in [3.05, 3.63) is 34.9 Å². The summed E-state index contributed by atoms with van der Waals surface area (Å²) in [6.07, 6.45) is 2.90. The lowest BCUT2D eigenvalue weighted by atomic mass is 9.63. The fraction of sp³-hybridized carbons (Fsp3) is 0.571. The van der Waals surface area contributed by atoms with Crippen molar-refractivity contribution in [3.8, 4) is 0 Å². The minimum Gasteiger partial charge on any atom is -0.388 e. The first-order chi connectivity index (χ1) is 7.59. The SMILES string of the molecule is Cc1ccc(C(O)C2(CN)CCC2)c(C)c1. The van der Waals surface area contributed by atoms with Gasteiger partial charge in [0, 0.05) is 12.0 Å². The van der Waals surface area contributed by atoms with E-state index in [9.17, 15) is 5.11 Å². The van der Waals surface area contributed by atoms with Gasteiger partial charge in [0.2, 0.25) is 0 Å². The predicted octanol–water partition coefficient (Wildman–Crippen LogP) is 2.47. The molecule has 1 aliphatic rings. The zero-order valence-corrected chi connectivity index (χ0v) is 10.2. The van der Waals surface area contributed by atoms with Crippen LogP contribution in [0, 0.1) is 19.3 Å². The zero-order valence-electron chi connectivity index (χ0n) is 10.2. The van der Waals surface area contributed by atoms with Crippen molar-refractivity contribution in [2.24, 2.45) is 11.1 Å². The summed E-state index contributed by atoms with van der Waals surface area (Å²) in [6.45, 7) is 4.72.